The first-order chi connectivity index (χ1) is 12.6. The number of hydrogen-bond donors (Lipinski definition) is 2. The van der Waals surface area contributed by atoms with Crippen molar-refractivity contribution in [3.63, 3.8) is 0 Å². The van der Waals surface area contributed by atoms with Crippen molar-refractivity contribution in [2.24, 2.45) is 4.99 Å². The zero-order valence-electron chi connectivity index (χ0n) is 15.7. The van der Waals surface area contributed by atoms with Crippen LogP contribution in [0.2, 0.25) is 0 Å². The van der Waals surface area contributed by atoms with Gasteiger partial charge in [-0.15, -0.1) is 0 Å². The van der Waals surface area contributed by atoms with Gasteiger partial charge < -0.3 is 20.3 Å². The lowest BCUT2D eigenvalue weighted by molar-refractivity contribution is 0.206. The van der Waals surface area contributed by atoms with E-state index in [1.165, 1.54) is 18.6 Å². The fourth-order valence-corrected chi connectivity index (χ4v) is 3.04. The SMILES string of the molecule is CCCN1CCC(NC(=NCCOc2ccc(F)cc2F)NCC)CC1. The normalized spacial score (nSPS) is 16.5. The van der Waals surface area contributed by atoms with Crippen LogP contribution >= 0.6 is 0 Å². The van der Waals surface area contributed by atoms with Gasteiger partial charge in [0.25, 0.3) is 0 Å². The number of rotatable bonds is 8. The average molecular weight is 368 g/mol. The summed E-state index contributed by atoms with van der Waals surface area (Å²) < 4.78 is 31.7. The standard InChI is InChI=1S/C19H30F2N4O/c1-3-10-25-11-7-16(8-12-25)24-19(22-4-2)23-9-13-26-18-6-5-15(20)14-17(18)21/h5-6,14,16H,3-4,7-13H2,1-2H3,(H2,22,23,24). The van der Waals surface area contributed by atoms with E-state index in [4.69, 9.17) is 4.74 Å². The lowest BCUT2D eigenvalue weighted by Crippen LogP contribution is -2.48. The molecule has 0 bridgehead atoms. The first-order valence-electron chi connectivity index (χ1n) is 9.47. The maximum atomic E-state index is 13.5. The van der Waals surface area contributed by atoms with Crippen LogP contribution in [-0.2, 0) is 0 Å². The highest BCUT2D eigenvalue weighted by Crippen LogP contribution is 2.17. The highest BCUT2D eigenvalue weighted by molar-refractivity contribution is 5.80. The van der Waals surface area contributed by atoms with Gasteiger partial charge >= 0.3 is 0 Å². The van der Waals surface area contributed by atoms with E-state index in [0.717, 1.165) is 51.0 Å². The lowest BCUT2D eigenvalue weighted by atomic mass is 10.1. The van der Waals surface area contributed by atoms with Crippen molar-refractivity contribution in [2.75, 3.05) is 39.3 Å². The van der Waals surface area contributed by atoms with Crippen molar-refractivity contribution >= 4 is 5.96 Å². The van der Waals surface area contributed by atoms with Crippen molar-refractivity contribution in [3.8, 4) is 5.75 Å². The number of nitrogens with one attached hydrogen (secondary N) is 2. The number of aliphatic imine (C=N–C) groups is 1. The summed E-state index contributed by atoms with van der Waals surface area (Å²) in [4.78, 5) is 6.98. The molecule has 0 amide bonds. The summed E-state index contributed by atoms with van der Waals surface area (Å²) in [6.07, 6.45) is 3.39. The summed E-state index contributed by atoms with van der Waals surface area (Å²) in [7, 11) is 0. The molecule has 1 fully saturated rings. The Hall–Kier alpha value is -1.89. The van der Waals surface area contributed by atoms with Crippen LogP contribution in [0.25, 0.3) is 0 Å². The average Bonchev–Trinajstić information content (AvgIpc) is 2.62. The minimum absolute atomic E-state index is 0.0443. The number of hydrogen-bond acceptors (Lipinski definition) is 3. The van der Waals surface area contributed by atoms with Crippen molar-refractivity contribution in [2.45, 2.75) is 39.2 Å². The van der Waals surface area contributed by atoms with E-state index in [9.17, 15) is 8.78 Å². The van der Waals surface area contributed by atoms with Crippen molar-refractivity contribution in [1.82, 2.24) is 15.5 Å². The van der Waals surface area contributed by atoms with Crippen LogP contribution in [0.5, 0.6) is 5.75 Å². The van der Waals surface area contributed by atoms with Crippen LogP contribution in [0.1, 0.15) is 33.1 Å². The van der Waals surface area contributed by atoms with E-state index >= 15 is 0 Å². The van der Waals surface area contributed by atoms with Crippen LogP contribution in [0, 0.1) is 11.6 Å². The maximum absolute atomic E-state index is 13.5. The summed E-state index contributed by atoms with van der Waals surface area (Å²) in [5.74, 6) is -0.512. The zero-order chi connectivity index (χ0) is 18.8. The van der Waals surface area contributed by atoms with E-state index in [-0.39, 0.29) is 12.4 Å². The molecule has 2 rings (SSSR count). The minimum Gasteiger partial charge on any atom is -0.489 e. The first kappa shape index (κ1) is 20.4. The molecule has 2 N–H and O–H groups in total. The van der Waals surface area contributed by atoms with Gasteiger partial charge in [0.05, 0.1) is 6.54 Å². The predicted octanol–water partition coefficient (Wildman–Crippen LogP) is 2.77. The number of guanidine groups is 1. The second-order valence-electron chi connectivity index (χ2n) is 6.44. The summed E-state index contributed by atoms with van der Waals surface area (Å²) in [6.45, 7) is 9.00. The Morgan fingerprint density at radius 2 is 2.04 bits per heavy atom. The molecular weight excluding hydrogens is 338 g/mol. The quantitative estimate of drug-likeness (QED) is 0.421. The molecule has 0 saturated carbocycles. The Labute approximate surface area is 154 Å². The van der Waals surface area contributed by atoms with E-state index in [1.54, 1.807) is 0 Å². The maximum Gasteiger partial charge on any atom is 0.191 e. The van der Waals surface area contributed by atoms with E-state index in [2.05, 4.69) is 27.4 Å². The Kier molecular flexibility index (Phi) is 8.61. The molecule has 7 heteroatoms. The Morgan fingerprint density at radius 1 is 1.27 bits per heavy atom. The van der Waals surface area contributed by atoms with Gasteiger partial charge in [-0.1, -0.05) is 6.92 Å². The van der Waals surface area contributed by atoms with Gasteiger partial charge in [-0.25, -0.2) is 13.8 Å². The number of ether oxygens (including phenoxy) is 1. The molecule has 1 aliphatic heterocycles. The molecule has 0 aromatic heterocycles. The molecule has 1 aromatic rings. The molecule has 1 aromatic carbocycles. The predicted molar refractivity (Wildman–Crippen MR) is 101 cm³/mol. The Bertz CT molecular complexity index is 575. The van der Waals surface area contributed by atoms with Gasteiger partial charge in [0, 0.05) is 31.7 Å². The van der Waals surface area contributed by atoms with Crippen LogP contribution in [0.3, 0.4) is 0 Å². The first-order valence-corrected chi connectivity index (χ1v) is 9.47. The molecule has 1 saturated heterocycles. The second kappa shape index (κ2) is 11.0. The van der Waals surface area contributed by atoms with Gasteiger partial charge in [-0.3, -0.25) is 0 Å². The third-order valence-electron chi connectivity index (χ3n) is 4.33. The summed E-state index contributed by atoms with van der Waals surface area (Å²) in [5, 5.41) is 6.70. The number of nitrogens with zero attached hydrogens (tertiary/aromatic N) is 2. The molecule has 146 valence electrons. The monoisotopic (exact) mass is 368 g/mol. The van der Waals surface area contributed by atoms with Crippen LogP contribution in [0.15, 0.2) is 23.2 Å². The smallest absolute Gasteiger partial charge is 0.191 e. The minimum atomic E-state index is -0.696. The van der Waals surface area contributed by atoms with E-state index in [1.807, 2.05) is 6.92 Å². The molecule has 1 heterocycles. The molecule has 0 atom stereocenters. The van der Waals surface area contributed by atoms with Gasteiger partial charge in [-0.05, 0) is 44.9 Å². The fraction of sp³-hybridized carbons (Fsp3) is 0.632. The topological polar surface area (TPSA) is 48.9 Å². The van der Waals surface area contributed by atoms with Crippen LogP contribution in [-0.4, -0.2) is 56.2 Å². The molecule has 26 heavy (non-hydrogen) atoms. The third-order valence-corrected chi connectivity index (χ3v) is 4.33. The molecular formula is C19H30F2N4O. The highest BCUT2D eigenvalue weighted by Gasteiger charge is 2.19. The molecule has 0 aliphatic carbocycles. The van der Waals surface area contributed by atoms with Crippen LogP contribution < -0.4 is 15.4 Å². The van der Waals surface area contributed by atoms with Crippen molar-refractivity contribution in [3.05, 3.63) is 29.8 Å². The fourth-order valence-electron chi connectivity index (χ4n) is 3.04. The molecule has 5 nitrogen and oxygen atoms in total. The van der Waals surface area contributed by atoms with Gasteiger partial charge in [0.2, 0.25) is 0 Å². The van der Waals surface area contributed by atoms with Crippen LogP contribution in [0.4, 0.5) is 8.78 Å². The molecule has 0 radical (unpaired) electrons. The van der Waals surface area contributed by atoms with E-state index in [0.29, 0.717) is 12.6 Å². The van der Waals surface area contributed by atoms with Gasteiger partial charge in [0.15, 0.2) is 17.5 Å². The number of halogens is 2. The third kappa shape index (κ3) is 6.78. The number of benzene rings is 1. The summed E-state index contributed by atoms with van der Waals surface area (Å²) >= 11 is 0. The molecule has 0 spiro atoms. The van der Waals surface area contributed by atoms with Gasteiger partial charge in [-0.2, -0.15) is 0 Å². The highest BCUT2D eigenvalue weighted by atomic mass is 19.1. The Balaban J connectivity index is 1.77. The zero-order valence-corrected chi connectivity index (χ0v) is 15.7. The second-order valence-corrected chi connectivity index (χ2v) is 6.44. The lowest BCUT2D eigenvalue weighted by Gasteiger charge is -2.32. The van der Waals surface area contributed by atoms with E-state index < -0.39 is 11.6 Å². The summed E-state index contributed by atoms with van der Waals surface area (Å²) in [6, 6.07) is 3.70. The Morgan fingerprint density at radius 3 is 2.69 bits per heavy atom. The summed E-state index contributed by atoms with van der Waals surface area (Å²) in [5.41, 5.74) is 0. The van der Waals surface area contributed by atoms with Crippen molar-refractivity contribution < 1.29 is 13.5 Å². The van der Waals surface area contributed by atoms with Crippen molar-refractivity contribution in [1.29, 1.82) is 0 Å². The number of likely N-dealkylation sites (tertiary alicyclic amines) is 1. The molecule has 0 unspecified atom stereocenters. The number of piperidine rings is 1. The molecule has 1 aliphatic rings. The largest absolute Gasteiger partial charge is 0.489 e. The van der Waals surface area contributed by atoms with Gasteiger partial charge in [0.1, 0.15) is 12.4 Å².